The van der Waals surface area contributed by atoms with Crippen LogP contribution in [-0.2, 0) is 0 Å². The molecule has 0 radical (unpaired) electrons. The zero-order valence-corrected chi connectivity index (χ0v) is 14.3. The Morgan fingerprint density at radius 2 is 1.59 bits per heavy atom. The number of hydrogen-bond donors (Lipinski definition) is 1. The zero-order valence-electron chi connectivity index (χ0n) is 12.9. The van der Waals surface area contributed by atoms with E-state index in [1.807, 2.05) is 0 Å². The first-order chi connectivity index (χ1) is 8.01. The Kier molecular flexibility index (Phi) is 15.8. The SMILES string of the molecule is C=C[SiH2]CCN(C(C)C)C(C)C.CCNCC. The van der Waals surface area contributed by atoms with Crippen LogP contribution in [0.25, 0.3) is 0 Å². The summed E-state index contributed by atoms with van der Waals surface area (Å²) in [6.07, 6.45) is 0. The fraction of sp³-hybridized carbons (Fsp3) is 0.857. The zero-order chi connectivity index (χ0) is 13.7. The van der Waals surface area contributed by atoms with Crippen molar-refractivity contribution in [1.82, 2.24) is 10.2 Å². The predicted molar refractivity (Wildman–Crippen MR) is 84.7 cm³/mol. The summed E-state index contributed by atoms with van der Waals surface area (Å²) < 4.78 is 0. The van der Waals surface area contributed by atoms with Crippen LogP contribution in [0.2, 0.25) is 6.04 Å². The minimum absolute atomic E-state index is 0.0372. The molecule has 1 N–H and O–H groups in total. The maximum Gasteiger partial charge on any atom is 0.0459 e. The molecule has 0 aromatic carbocycles. The van der Waals surface area contributed by atoms with E-state index in [4.69, 9.17) is 0 Å². The van der Waals surface area contributed by atoms with E-state index < -0.39 is 0 Å². The van der Waals surface area contributed by atoms with Gasteiger partial charge in [0.05, 0.1) is 0 Å². The second-order valence-corrected chi connectivity index (χ2v) is 6.68. The summed E-state index contributed by atoms with van der Waals surface area (Å²) in [5.41, 5.74) is 2.14. The van der Waals surface area contributed by atoms with E-state index in [1.54, 1.807) is 0 Å². The van der Waals surface area contributed by atoms with Crippen LogP contribution in [0, 0.1) is 0 Å². The van der Waals surface area contributed by atoms with E-state index in [1.165, 1.54) is 12.6 Å². The molecule has 0 amide bonds. The Morgan fingerprint density at radius 3 is 1.82 bits per heavy atom. The standard InChI is InChI=1S/C10H23NSi.C4H11N/c1-6-12-8-7-11(9(2)3)10(4)5;1-3-5-4-2/h6,9-10H,1,7-8,12H2,2-5H3;5H,3-4H2,1-2H3. The van der Waals surface area contributed by atoms with Crippen LogP contribution in [0.4, 0.5) is 0 Å². The maximum atomic E-state index is 3.79. The van der Waals surface area contributed by atoms with Crippen molar-refractivity contribution in [2.75, 3.05) is 19.6 Å². The summed E-state index contributed by atoms with van der Waals surface area (Å²) in [5.74, 6) is 0. The van der Waals surface area contributed by atoms with Gasteiger partial charge in [-0.1, -0.05) is 13.8 Å². The van der Waals surface area contributed by atoms with Crippen molar-refractivity contribution < 1.29 is 0 Å². The minimum atomic E-state index is 0.0372. The molecule has 0 rings (SSSR count). The lowest BCUT2D eigenvalue weighted by Gasteiger charge is -2.30. The number of nitrogens with zero attached hydrogens (tertiary/aromatic N) is 1. The molecule has 0 heterocycles. The van der Waals surface area contributed by atoms with Crippen LogP contribution in [0.3, 0.4) is 0 Å². The monoisotopic (exact) mass is 258 g/mol. The van der Waals surface area contributed by atoms with E-state index in [9.17, 15) is 0 Å². The average molecular weight is 259 g/mol. The van der Waals surface area contributed by atoms with Crippen LogP contribution < -0.4 is 5.32 Å². The van der Waals surface area contributed by atoms with Gasteiger partial charge in [0.15, 0.2) is 0 Å². The van der Waals surface area contributed by atoms with Crippen molar-refractivity contribution in [3.8, 4) is 0 Å². The molecule has 0 saturated carbocycles. The quantitative estimate of drug-likeness (QED) is 0.531. The Morgan fingerprint density at radius 1 is 1.12 bits per heavy atom. The summed E-state index contributed by atoms with van der Waals surface area (Å²) in [5, 5.41) is 3.11. The molecule has 0 aromatic heterocycles. The molecule has 2 nitrogen and oxygen atoms in total. The fourth-order valence-electron chi connectivity index (χ4n) is 1.78. The van der Waals surface area contributed by atoms with Gasteiger partial charge in [0.1, 0.15) is 0 Å². The van der Waals surface area contributed by atoms with Gasteiger partial charge in [-0.2, -0.15) is 0 Å². The molecule has 104 valence electrons. The molecule has 3 heteroatoms. The topological polar surface area (TPSA) is 15.3 Å². The molecule has 0 aliphatic carbocycles. The molecular formula is C14H34N2Si. The molecule has 0 fully saturated rings. The highest BCUT2D eigenvalue weighted by atomic mass is 28.2. The summed E-state index contributed by atoms with van der Waals surface area (Å²) in [6.45, 7) is 20.5. The van der Waals surface area contributed by atoms with Gasteiger partial charge in [0, 0.05) is 21.6 Å². The number of rotatable bonds is 8. The average Bonchev–Trinajstić information content (AvgIpc) is 2.25. The number of hydrogen-bond acceptors (Lipinski definition) is 2. The lowest BCUT2D eigenvalue weighted by Crippen LogP contribution is -2.37. The second-order valence-electron chi connectivity index (χ2n) is 4.81. The Balaban J connectivity index is 0. The van der Waals surface area contributed by atoms with Crippen LogP contribution in [0.5, 0.6) is 0 Å². The molecule has 0 bridgehead atoms. The smallest absolute Gasteiger partial charge is 0.0459 e. The van der Waals surface area contributed by atoms with E-state index >= 15 is 0 Å². The Labute approximate surface area is 112 Å². The summed E-state index contributed by atoms with van der Waals surface area (Å²) in [7, 11) is 0.0372. The lowest BCUT2D eigenvalue weighted by atomic mass is 10.2. The Bertz CT molecular complexity index is 148. The first kappa shape index (κ1) is 19.2. The molecular weight excluding hydrogens is 224 g/mol. The van der Waals surface area contributed by atoms with Gasteiger partial charge in [-0.3, -0.25) is 4.90 Å². The van der Waals surface area contributed by atoms with Gasteiger partial charge in [0.25, 0.3) is 0 Å². The third-order valence-corrected chi connectivity index (χ3v) is 3.78. The van der Waals surface area contributed by atoms with Gasteiger partial charge in [-0.05, 0) is 53.4 Å². The van der Waals surface area contributed by atoms with Crippen LogP contribution in [0.1, 0.15) is 41.5 Å². The van der Waals surface area contributed by atoms with Gasteiger partial charge in [0.2, 0.25) is 0 Å². The summed E-state index contributed by atoms with van der Waals surface area (Å²) in [4.78, 5) is 2.55. The van der Waals surface area contributed by atoms with E-state index in [0.717, 1.165) is 13.1 Å². The lowest BCUT2D eigenvalue weighted by molar-refractivity contribution is 0.185. The predicted octanol–water partition coefficient (Wildman–Crippen LogP) is 2.45. The molecule has 0 aliphatic rings. The van der Waals surface area contributed by atoms with Gasteiger partial charge in [-0.25, -0.2) is 0 Å². The van der Waals surface area contributed by atoms with Crippen molar-refractivity contribution >= 4 is 9.52 Å². The molecule has 0 saturated heterocycles. The van der Waals surface area contributed by atoms with E-state index in [-0.39, 0.29) is 9.52 Å². The molecule has 0 unspecified atom stereocenters. The van der Waals surface area contributed by atoms with Gasteiger partial charge < -0.3 is 5.32 Å². The van der Waals surface area contributed by atoms with Crippen LogP contribution >= 0.6 is 0 Å². The van der Waals surface area contributed by atoms with Crippen molar-refractivity contribution in [1.29, 1.82) is 0 Å². The van der Waals surface area contributed by atoms with Crippen LogP contribution in [0.15, 0.2) is 12.3 Å². The molecule has 0 spiro atoms. The minimum Gasteiger partial charge on any atom is -0.317 e. The van der Waals surface area contributed by atoms with Crippen molar-refractivity contribution in [2.24, 2.45) is 0 Å². The van der Waals surface area contributed by atoms with E-state index in [2.05, 4.69) is 64.0 Å². The normalized spacial score (nSPS) is 11.4. The molecule has 17 heavy (non-hydrogen) atoms. The second kappa shape index (κ2) is 13.9. The van der Waals surface area contributed by atoms with Crippen molar-refractivity contribution in [3.05, 3.63) is 12.3 Å². The fourth-order valence-corrected chi connectivity index (χ4v) is 2.62. The summed E-state index contributed by atoms with van der Waals surface area (Å²) in [6, 6.07) is 2.74. The number of nitrogens with one attached hydrogen (secondary N) is 1. The third-order valence-electron chi connectivity index (χ3n) is 2.65. The molecule has 0 aliphatic heterocycles. The third kappa shape index (κ3) is 13.8. The van der Waals surface area contributed by atoms with Crippen LogP contribution in [-0.4, -0.2) is 46.1 Å². The largest absolute Gasteiger partial charge is 0.317 e. The molecule has 0 atom stereocenters. The highest BCUT2D eigenvalue weighted by Gasteiger charge is 2.11. The first-order valence-electron chi connectivity index (χ1n) is 7.08. The van der Waals surface area contributed by atoms with Gasteiger partial charge >= 0.3 is 0 Å². The van der Waals surface area contributed by atoms with Crippen molar-refractivity contribution in [3.63, 3.8) is 0 Å². The molecule has 0 aromatic rings. The highest BCUT2D eigenvalue weighted by Crippen LogP contribution is 2.05. The van der Waals surface area contributed by atoms with E-state index in [0.29, 0.717) is 12.1 Å². The highest BCUT2D eigenvalue weighted by molar-refractivity contribution is 6.41. The van der Waals surface area contributed by atoms with Crippen molar-refractivity contribution in [2.45, 2.75) is 59.7 Å². The Hall–Kier alpha value is -0.123. The maximum absolute atomic E-state index is 3.79. The first-order valence-corrected chi connectivity index (χ1v) is 8.90. The van der Waals surface area contributed by atoms with Gasteiger partial charge in [-0.15, -0.1) is 12.3 Å². The summed E-state index contributed by atoms with van der Waals surface area (Å²) >= 11 is 0.